The Morgan fingerprint density at radius 2 is 1.91 bits per heavy atom. The highest BCUT2D eigenvalue weighted by molar-refractivity contribution is 6.04. The molecule has 0 radical (unpaired) electrons. The second-order valence-corrected chi connectivity index (χ2v) is 6.36. The van der Waals surface area contributed by atoms with Crippen molar-refractivity contribution < 1.29 is 32.4 Å². The van der Waals surface area contributed by atoms with E-state index in [1.807, 2.05) is 0 Å². The van der Waals surface area contributed by atoms with E-state index in [1.165, 1.54) is 47.3 Å². The molecule has 0 unspecified atom stereocenters. The molecule has 12 heteroatoms. The lowest BCUT2D eigenvalue weighted by Gasteiger charge is -2.10. The molecule has 3 rings (SSSR count). The first kappa shape index (κ1) is 22.6. The lowest BCUT2D eigenvalue weighted by Crippen LogP contribution is -2.15. The zero-order chi connectivity index (χ0) is 23.3. The molecule has 0 aliphatic heterocycles. The van der Waals surface area contributed by atoms with Crippen LogP contribution in [0.25, 0.3) is 0 Å². The highest BCUT2D eigenvalue weighted by atomic mass is 19.4. The molecule has 0 spiro atoms. The van der Waals surface area contributed by atoms with Gasteiger partial charge in [-0.15, -0.1) is 0 Å². The number of rotatable bonds is 8. The number of benzene rings is 2. The molecule has 0 atom stereocenters. The molecule has 9 nitrogen and oxygen atoms in total. The van der Waals surface area contributed by atoms with Gasteiger partial charge in [-0.2, -0.15) is 18.3 Å². The maximum atomic E-state index is 12.8. The lowest BCUT2D eigenvalue weighted by atomic mass is 10.2. The van der Waals surface area contributed by atoms with Crippen molar-refractivity contribution in [2.24, 2.45) is 0 Å². The number of hydrogen-bond acceptors (Lipinski definition) is 6. The Kier molecular flexibility index (Phi) is 6.61. The minimum Gasteiger partial charge on any atom is -0.494 e. The van der Waals surface area contributed by atoms with Crippen LogP contribution in [-0.4, -0.2) is 27.2 Å². The quantitative estimate of drug-likeness (QED) is 0.400. The molecule has 0 bridgehead atoms. The highest BCUT2D eigenvalue weighted by Gasteiger charge is 2.30. The number of hydrogen-bond donors (Lipinski definition) is 1. The van der Waals surface area contributed by atoms with Crippen molar-refractivity contribution in [2.45, 2.75) is 19.8 Å². The van der Waals surface area contributed by atoms with Crippen molar-refractivity contribution in [2.75, 3.05) is 11.9 Å². The van der Waals surface area contributed by atoms with E-state index in [4.69, 9.17) is 9.47 Å². The van der Waals surface area contributed by atoms with Gasteiger partial charge in [0.15, 0.2) is 12.4 Å². The number of nitrogens with zero attached hydrogens (tertiary/aromatic N) is 3. The number of nitrogens with one attached hydrogen (secondary N) is 1. The van der Waals surface area contributed by atoms with E-state index in [9.17, 15) is 28.1 Å². The first-order valence-corrected chi connectivity index (χ1v) is 9.23. The Labute approximate surface area is 179 Å². The Morgan fingerprint density at radius 3 is 2.59 bits per heavy atom. The maximum Gasteiger partial charge on any atom is 0.416 e. The average molecular weight is 450 g/mol. The predicted molar refractivity (Wildman–Crippen MR) is 107 cm³/mol. The van der Waals surface area contributed by atoms with E-state index in [2.05, 4.69) is 10.4 Å². The fourth-order valence-corrected chi connectivity index (χ4v) is 2.67. The monoisotopic (exact) mass is 450 g/mol. The summed E-state index contributed by atoms with van der Waals surface area (Å²) < 4.78 is 50.0. The van der Waals surface area contributed by atoms with Crippen LogP contribution in [0, 0.1) is 10.1 Å². The van der Waals surface area contributed by atoms with E-state index in [0.717, 1.165) is 12.1 Å². The molecule has 2 aromatic carbocycles. The molecule has 32 heavy (non-hydrogen) atoms. The van der Waals surface area contributed by atoms with Gasteiger partial charge in [-0.05, 0) is 43.3 Å². The first-order valence-electron chi connectivity index (χ1n) is 9.23. The summed E-state index contributed by atoms with van der Waals surface area (Å²) in [5, 5.41) is 17.7. The number of anilines is 1. The van der Waals surface area contributed by atoms with Crippen LogP contribution in [0.1, 0.15) is 23.0 Å². The van der Waals surface area contributed by atoms with Crippen LogP contribution in [0.3, 0.4) is 0 Å². The molecule has 0 saturated carbocycles. The normalized spacial score (nSPS) is 11.1. The molecule has 168 valence electrons. The molecule has 0 aliphatic carbocycles. The van der Waals surface area contributed by atoms with Gasteiger partial charge < -0.3 is 14.8 Å². The second-order valence-electron chi connectivity index (χ2n) is 6.36. The van der Waals surface area contributed by atoms with E-state index >= 15 is 0 Å². The number of amides is 1. The molecule has 0 fully saturated rings. The molecule has 1 amide bonds. The number of carbonyl (C=O) groups excluding carboxylic acids is 1. The van der Waals surface area contributed by atoms with Crippen molar-refractivity contribution in [1.29, 1.82) is 0 Å². The number of aromatic nitrogens is 2. The Bertz CT molecular complexity index is 1130. The Balaban J connectivity index is 1.67. The van der Waals surface area contributed by atoms with Gasteiger partial charge in [-0.1, -0.05) is 6.07 Å². The van der Waals surface area contributed by atoms with Crippen molar-refractivity contribution in [1.82, 2.24) is 9.78 Å². The van der Waals surface area contributed by atoms with Gasteiger partial charge in [-0.3, -0.25) is 14.9 Å². The summed E-state index contributed by atoms with van der Waals surface area (Å²) in [6.45, 7) is 1.80. The van der Waals surface area contributed by atoms with Crippen LogP contribution < -0.4 is 14.8 Å². The van der Waals surface area contributed by atoms with Crippen LogP contribution in [0.2, 0.25) is 0 Å². The van der Waals surface area contributed by atoms with Gasteiger partial charge in [0.25, 0.3) is 11.6 Å². The smallest absolute Gasteiger partial charge is 0.416 e. The van der Waals surface area contributed by atoms with E-state index < -0.39 is 22.6 Å². The van der Waals surface area contributed by atoms with Crippen LogP contribution >= 0.6 is 0 Å². The molecule has 1 N–H and O–H groups in total. The van der Waals surface area contributed by atoms with Crippen LogP contribution in [0.4, 0.5) is 24.5 Å². The molecular formula is C20H17F3N4O5. The maximum absolute atomic E-state index is 12.8. The lowest BCUT2D eigenvalue weighted by molar-refractivity contribution is -0.384. The number of ether oxygens (including phenoxy) is 2. The van der Waals surface area contributed by atoms with Crippen molar-refractivity contribution >= 4 is 17.3 Å². The third kappa shape index (κ3) is 5.53. The van der Waals surface area contributed by atoms with Gasteiger partial charge in [0, 0.05) is 6.20 Å². The van der Waals surface area contributed by atoms with E-state index in [-0.39, 0.29) is 35.3 Å². The molecule has 1 aromatic heterocycles. The van der Waals surface area contributed by atoms with Crippen molar-refractivity contribution in [3.8, 4) is 11.5 Å². The summed E-state index contributed by atoms with van der Waals surface area (Å²) in [6, 6.07) is 9.70. The van der Waals surface area contributed by atoms with Gasteiger partial charge in [0.1, 0.15) is 17.2 Å². The summed E-state index contributed by atoms with van der Waals surface area (Å²) in [5.74, 6) is -0.449. The number of alkyl halides is 3. The third-order valence-corrected chi connectivity index (χ3v) is 4.12. The minimum atomic E-state index is -4.50. The van der Waals surface area contributed by atoms with Gasteiger partial charge in [0.2, 0.25) is 0 Å². The largest absolute Gasteiger partial charge is 0.494 e. The molecule has 3 aromatic rings. The first-order chi connectivity index (χ1) is 15.2. The highest BCUT2D eigenvalue weighted by Crippen LogP contribution is 2.31. The predicted octanol–water partition coefficient (Wildman–Crippen LogP) is 4.50. The number of nitro benzene ring substituents is 1. The van der Waals surface area contributed by atoms with Crippen LogP contribution in [0.5, 0.6) is 11.5 Å². The summed E-state index contributed by atoms with van der Waals surface area (Å²) >= 11 is 0. The Morgan fingerprint density at radius 1 is 1.16 bits per heavy atom. The Hall–Kier alpha value is -4.09. The average Bonchev–Trinajstić information content (AvgIpc) is 3.22. The zero-order valence-corrected chi connectivity index (χ0v) is 16.6. The van der Waals surface area contributed by atoms with E-state index in [1.54, 1.807) is 6.92 Å². The SMILES string of the molecule is CCOc1ccc(NC(=O)c2ccn(COc3cccc(C(F)(F)F)c3)n2)c([N+](=O)[O-])c1. The number of halogens is 3. The molecule has 0 aliphatic rings. The summed E-state index contributed by atoms with van der Waals surface area (Å²) in [5.41, 5.74) is -1.32. The standard InChI is InChI=1S/C20H17F3N4O5/c1-2-31-15-6-7-16(18(11-15)27(29)30)24-19(28)17-8-9-26(25-17)12-32-14-5-3-4-13(10-14)20(21,22)23/h3-11H,2,12H2,1H3,(H,24,28). The van der Waals surface area contributed by atoms with E-state index in [0.29, 0.717) is 6.61 Å². The summed E-state index contributed by atoms with van der Waals surface area (Å²) in [6.07, 6.45) is -3.12. The summed E-state index contributed by atoms with van der Waals surface area (Å²) in [4.78, 5) is 23.1. The summed E-state index contributed by atoms with van der Waals surface area (Å²) in [7, 11) is 0. The van der Waals surface area contributed by atoms with Crippen LogP contribution in [-0.2, 0) is 12.9 Å². The third-order valence-electron chi connectivity index (χ3n) is 4.12. The minimum absolute atomic E-state index is 0.0219. The molecular weight excluding hydrogens is 433 g/mol. The molecule has 1 heterocycles. The van der Waals surface area contributed by atoms with Gasteiger partial charge in [0.05, 0.1) is 23.2 Å². The fourth-order valence-electron chi connectivity index (χ4n) is 2.67. The molecule has 0 saturated heterocycles. The fraction of sp³-hybridized carbons (Fsp3) is 0.200. The number of carbonyl (C=O) groups is 1. The van der Waals surface area contributed by atoms with Crippen LogP contribution in [0.15, 0.2) is 54.7 Å². The van der Waals surface area contributed by atoms with Gasteiger partial charge in [-0.25, -0.2) is 4.68 Å². The zero-order valence-electron chi connectivity index (χ0n) is 16.6. The van der Waals surface area contributed by atoms with Crippen molar-refractivity contribution in [3.05, 3.63) is 76.1 Å². The topological polar surface area (TPSA) is 109 Å². The van der Waals surface area contributed by atoms with Crippen molar-refractivity contribution in [3.63, 3.8) is 0 Å². The number of nitro groups is 1. The van der Waals surface area contributed by atoms with Gasteiger partial charge >= 0.3 is 6.18 Å². The second kappa shape index (κ2) is 9.37.